The van der Waals surface area contributed by atoms with Crippen LogP contribution in [-0.4, -0.2) is 32.6 Å². The van der Waals surface area contributed by atoms with Crippen molar-refractivity contribution in [3.63, 3.8) is 0 Å². The minimum Gasteiger partial charge on any atom is -0.359 e. The smallest absolute Gasteiger partial charge is 0.226 e. The largest absolute Gasteiger partial charge is 0.359 e. The molecule has 136 valence electrons. The molecule has 1 saturated heterocycles. The van der Waals surface area contributed by atoms with Crippen LogP contribution in [-0.2, 0) is 16.6 Å². The number of rotatable bonds is 5. The molecular weight excluding hydrogens is 320 g/mol. The number of nitrogens with zero attached hydrogens (tertiary/aromatic N) is 4. The highest BCUT2D eigenvalue weighted by Gasteiger charge is 2.32. The second kappa shape index (κ2) is 6.98. The van der Waals surface area contributed by atoms with Crippen LogP contribution in [0.25, 0.3) is 0 Å². The van der Waals surface area contributed by atoms with Crippen molar-refractivity contribution in [3.05, 3.63) is 29.2 Å². The summed E-state index contributed by atoms with van der Waals surface area (Å²) in [7, 11) is 0. The third-order valence-corrected chi connectivity index (χ3v) is 4.47. The van der Waals surface area contributed by atoms with Crippen LogP contribution in [0.1, 0.15) is 75.7 Å². The Bertz CT molecular complexity index is 729. The fraction of sp³-hybridized carbons (Fsp3) is 0.667. The number of hydrogen-bond acceptors (Lipinski definition) is 6. The van der Waals surface area contributed by atoms with Gasteiger partial charge in [-0.15, -0.1) is 0 Å². The quantitative estimate of drug-likeness (QED) is 0.825. The predicted octanol–water partition coefficient (Wildman–Crippen LogP) is 3.35. The molecular formula is C18H26N4O3. The molecule has 0 aromatic carbocycles. The zero-order valence-corrected chi connectivity index (χ0v) is 15.4. The molecule has 0 spiro atoms. The van der Waals surface area contributed by atoms with Gasteiger partial charge in [0.25, 0.3) is 0 Å². The maximum atomic E-state index is 12.6. The minimum absolute atomic E-state index is 0.0181. The summed E-state index contributed by atoms with van der Waals surface area (Å²) in [5.74, 6) is 2.23. The van der Waals surface area contributed by atoms with Crippen LogP contribution < -0.4 is 0 Å². The van der Waals surface area contributed by atoms with E-state index in [0.717, 1.165) is 30.8 Å². The monoisotopic (exact) mass is 346 g/mol. The highest BCUT2D eigenvalue weighted by molar-refractivity contribution is 5.76. The van der Waals surface area contributed by atoms with Crippen LogP contribution >= 0.6 is 0 Å². The van der Waals surface area contributed by atoms with E-state index in [1.54, 1.807) is 0 Å². The summed E-state index contributed by atoms with van der Waals surface area (Å²) < 4.78 is 10.6. The van der Waals surface area contributed by atoms with E-state index < -0.39 is 0 Å². The summed E-state index contributed by atoms with van der Waals surface area (Å²) in [6.45, 7) is 8.81. The Hall–Kier alpha value is -2.18. The van der Waals surface area contributed by atoms with E-state index in [2.05, 4.69) is 15.3 Å². The highest BCUT2D eigenvalue weighted by Crippen LogP contribution is 2.33. The van der Waals surface area contributed by atoms with Gasteiger partial charge < -0.3 is 13.9 Å². The molecule has 1 atom stereocenters. The molecule has 1 unspecified atom stereocenters. The van der Waals surface area contributed by atoms with Crippen LogP contribution in [0.3, 0.4) is 0 Å². The average Bonchev–Trinajstić information content (AvgIpc) is 3.25. The Morgan fingerprint density at radius 1 is 1.32 bits per heavy atom. The van der Waals surface area contributed by atoms with Gasteiger partial charge >= 0.3 is 0 Å². The van der Waals surface area contributed by atoms with Crippen LogP contribution in [0, 0.1) is 6.92 Å². The van der Waals surface area contributed by atoms with Gasteiger partial charge in [-0.25, -0.2) is 0 Å². The number of carbonyl (C=O) groups excluding carboxylic acids is 1. The molecule has 1 fully saturated rings. The van der Waals surface area contributed by atoms with E-state index in [4.69, 9.17) is 9.05 Å². The second-order valence-electron chi connectivity index (χ2n) is 7.73. The lowest BCUT2D eigenvalue weighted by atomic mass is 9.96. The molecule has 1 amide bonds. The van der Waals surface area contributed by atoms with Crippen molar-refractivity contribution in [2.24, 2.45) is 0 Å². The molecule has 0 aliphatic carbocycles. The third kappa shape index (κ3) is 4.08. The number of aromatic nitrogens is 3. The van der Waals surface area contributed by atoms with Gasteiger partial charge in [0.2, 0.25) is 11.8 Å². The number of carbonyl (C=O) groups is 1. The third-order valence-electron chi connectivity index (χ3n) is 4.47. The molecule has 2 aromatic rings. The fourth-order valence-corrected chi connectivity index (χ4v) is 3.10. The van der Waals surface area contributed by atoms with Crippen molar-refractivity contribution in [1.82, 2.24) is 20.2 Å². The molecule has 3 rings (SSSR count). The van der Waals surface area contributed by atoms with E-state index >= 15 is 0 Å². The summed E-state index contributed by atoms with van der Waals surface area (Å²) in [6.07, 6.45) is 3.71. The Kier molecular flexibility index (Phi) is 4.92. The van der Waals surface area contributed by atoms with Gasteiger partial charge in [-0.3, -0.25) is 4.79 Å². The summed E-state index contributed by atoms with van der Waals surface area (Å²) in [5.41, 5.74) is 0.718. The van der Waals surface area contributed by atoms with Crippen molar-refractivity contribution in [1.29, 1.82) is 0 Å². The van der Waals surface area contributed by atoms with E-state index in [-0.39, 0.29) is 17.4 Å². The van der Waals surface area contributed by atoms with Crippen LogP contribution in [0.15, 0.2) is 15.1 Å². The van der Waals surface area contributed by atoms with Gasteiger partial charge in [-0.1, -0.05) is 31.1 Å². The second-order valence-corrected chi connectivity index (χ2v) is 7.73. The molecule has 0 radical (unpaired) electrons. The zero-order chi connectivity index (χ0) is 18.0. The van der Waals surface area contributed by atoms with Crippen molar-refractivity contribution < 1.29 is 13.8 Å². The van der Waals surface area contributed by atoms with Crippen LogP contribution in [0.5, 0.6) is 0 Å². The molecule has 3 heterocycles. The molecule has 0 saturated carbocycles. The van der Waals surface area contributed by atoms with Crippen molar-refractivity contribution in [2.45, 2.75) is 71.3 Å². The van der Waals surface area contributed by atoms with Crippen molar-refractivity contribution in [3.8, 4) is 0 Å². The van der Waals surface area contributed by atoms with E-state index in [9.17, 15) is 4.79 Å². The first-order chi connectivity index (χ1) is 11.8. The zero-order valence-electron chi connectivity index (χ0n) is 15.4. The lowest BCUT2D eigenvalue weighted by Gasteiger charge is -2.22. The molecule has 2 aromatic heterocycles. The molecule has 7 nitrogen and oxygen atoms in total. The van der Waals surface area contributed by atoms with Crippen molar-refractivity contribution >= 4 is 5.91 Å². The topological polar surface area (TPSA) is 85.3 Å². The van der Waals surface area contributed by atoms with Gasteiger partial charge in [0.05, 0.1) is 11.7 Å². The number of aryl methyl sites for hydroxylation is 2. The lowest BCUT2D eigenvalue weighted by Crippen LogP contribution is -2.30. The number of amides is 1. The Morgan fingerprint density at radius 3 is 2.76 bits per heavy atom. The minimum atomic E-state index is -0.129. The lowest BCUT2D eigenvalue weighted by molar-refractivity contribution is -0.132. The van der Waals surface area contributed by atoms with Crippen LogP contribution in [0.4, 0.5) is 0 Å². The van der Waals surface area contributed by atoms with E-state index in [0.29, 0.717) is 31.0 Å². The van der Waals surface area contributed by atoms with Gasteiger partial charge in [-0.05, 0) is 26.2 Å². The normalized spacial score (nSPS) is 18.1. The van der Waals surface area contributed by atoms with Gasteiger partial charge in [0.1, 0.15) is 0 Å². The number of hydrogen-bond donors (Lipinski definition) is 0. The van der Waals surface area contributed by atoms with Crippen LogP contribution in [0.2, 0.25) is 0 Å². The summed E-state index contributed by atoms with van der Waals surface area (Å²) in [6, 6.07) is 1.94. The van der Waals surface area contributed by atoms with Gasteiger partial charge in [0.15, 0.2) is 11.6 Å². The first-order valence-electron chi connectivity index (χ1n) is 8.90. The van der Waals surface area contributed by atoms with Gasteiger partial charge in [0, 0.05) is 30.9 Å². The molecule has 7 heteroatoms. The summed E-state index contributed by atoms with van der Waals surface area (Å²) in [5, 5.41) is 7.95. The highest BCUT2D eigenvalue weighted by atomic mass is 16.5. The standard InChI is InChI=1S/C18H26N4O3/c1-12-11-14(24-20-12)13-7-6-10-22(13)16(23)9-5-8-15-19-17(21-25-15)18(2,3)4/h11,13H,5-10H2,1-4H3. The molecule has 25 heavy (non-hydrogen) atoms. The maximum absolute atomic E-state index is 12.6. The SMILES string of the molecule is Cc1cc(C2CCCN2C(=O)CCCc2nc(C(C)(C)C)no2)on1. The Labute approximate surface area is 147 Å². The first kappa shape index (κ1) is 17.6. The molecule has 1 aliphatic rings. The van der Waals surface area contributed by atoms with Gasteiger partial charge in [-0.2, -0.15) is 4.98 Å². The Morgan fingerprint density at radius 2 is 2.12 bits per heavy atom. The van der Waals surface area contributed by atoms with E-state index in [1.807, 2.05) is 38.7 Å². The molecule has 1 aliphatic heterocycles. The average molecular weight is 346 g/mol. The fourth-order valence-electron chi connectivity index (χ4n) is 3.10. The maximum Gasteiger partial charge on any atom is 0.226 e. The first-order valence-corrected chi connectivity index (χ1v) is 8.90. The summed E-state index contributed by atoms with van der Waals surface area (Å²) >= 11 is 0. The Balaban J connectivity index is 1.53. The van der Waals surface area contributed by atoms with E-state index in [1.165, 1.54) is 0 Å². The van der Waals surface area contributed by atoms with Crippen molar-refractivity contribution in [2.75, 3.05) is 6.54 Å². The molecule has 0 bridgehead atoms. The number of likely N-dealkylation sites (tertiary alicyclic amines) is 1. The molecule has 0 N–H and O–H groups in total. The summed E-state index contributed by atoms with van der Waals surface area (Å²) in [4.78, 5) is 18.9. The predicted molar refractivity (Wildman–Crippen MR) is 90.9 cm³/mol.